The molecular formula is C8H8N4O2S. The summed E-state index contributed by atoms with van der Waals surface area (Å²) in [4.78, 5) is 11.9. The number of hydrogen-bond acceptors (Lipinski definition) is 5. The number of hydrogen-bond donors (Lipinski definition) is 1. The Hall–Kier alpha value is -1.76. The van der Waals surface area contributed by atoms with E-state index < -0.39 is 0 Å². The summed E-state index contributed by atoms with van der Waals surface area (Å²) < 4.78 is 10.4. The van der Waals surface area contributed by atoms with Gasteiger partial charge in [0.15, 0.2) is 5.82 Å². The van der Waals surface area contributed by atoms with E-state index in [0.29, 0.717) is 18.3 Å². The van der Waals surface area contributed by atoms with Gasteiger partial charge in [-0.3, -0.25) is 0 Å². The van der Waals surface area contributed by atoms with Crippen LogP contribution in [0.3, 0.4) is 0 Å². The Labute approximate surface area is 91.4 Å². The van der Waals surface area contributed by atoms with Crippen molar-refractivity contribution < 1.29 is 9.47 Å². The molecule has 2 rings (SSSR count). The minimum absolute atomic E-state index is 0.0780. The molecule has 2 heterocycles. The van der Waals surface area contributed by atoms with Crippen LogP contribution in [0, 0.1) is 0 Å². The van der Waals surface area contributed by atoms with Crippen LogP contribution in [0.2, 0.25) is 0 Å². The highest BCUT2D eigenvalue weighted by atomic mass is 32.1. The van der Waals surface area contributed by atoms with Gasteiger partial charge in [-0.05, 0) is 19.1 Å². The highest BCUT2D eigenvalue weighted by Crippen LogP contribution is 2.20. The van der Waals surface area contributed by atoms with Gasteiger partial charge in [0.25, 0.3) is 5.88 Å². The first-order valence-corrected chi connectivity index (χ1v) is 4.71. The van der Waals surface area contributed by atoms with Crippen molar-refractivity contribution in [2.75, 3.05) is 11.9 Å². The number of nitrogens with one attached hydrogen (secondary N) is 1. The Morgan fingerprint density at radius 2 is 2.27 bits per heavy atom. The Morgan fingerprint density at radius 3 is 3.07 bits per heavy atom. The molecule has 0 radical (unpaired) electrons. The molecule has 1 N–H and O–H groups in total. The number of thiocarbonyl (C=S) groups is 1. The molecule has 1 aliphatic rings. The zero-order valence-corrected chi connectivity index (χ0v) is 8.74. The normalized spacial score (nSPS) is 14.2. The van der Waals surface area contributed by atoms with Crippen LogP contribution in [0.5, 0.6) is 5.88 Å². The third kappa shape index (κ3) is 2.18. The molecule has 0 amide bonds. The molecule has 1 aromatic rings. The van der Waals surface area contributed by atoms with Gasteiger partial charge in [0.2, 0.25) is 5.11 Å². The fourth-order valence-electron chi connectivity index (χ4n) is 0.989. The van der Waals surface area contributed by atoms with Crippen molar-refractivity contribution in [2.45, 2.75) is 6.92 Å². The van der Waals surface area contributed by atoms with Crippen LogP contribution in [-0.4, -0.2) is 27.8 Å². The molecule has 0 bridgehead atoms. The Balaban J connectivity index is 2.32. The van der Waals surface area contributed by atoms with E-state index in [-0.39, 0.29) is 11.2 Å². The van der Waals surface area contributed by atoms with Crippen molar-refractivity contribution in [1.29, 1.82) is 0 Å². The monoisotopic (exact) mass is 224 g/mol. The third-order valence-electron chi connectivity index (χ3n) is 1.53. The molecule has 6 nitrogen and oxygen atoms in total. The molecular weight excluding hydrogens is 216 g/mol. The first-order valence-electron chi connectivity index (χ1n) is 4.31. The molecule has 0 spiro atoms. The summed E-state index contributed by atoms with van der Waals surface area (Å²) in [6.07, 6.45) is 3.12. The molecule has 0 atom stereocenters. The van der Waals surface area contributed by atoms with Crippen LogP contribution < -0.4 is 10.1 Å². The highest BCUT2D eigenvalue weighted by molar-refractivity contribution is 7.80. The lowest BCUT2D eigenvalue weighted by molar-refractivity contribution is 0.249. The van der Waals surface area contributed by atoms with Crippen LogP contribution in [0.4, 0.5) is 5.82 Å². The van der Waals surface area contributed by atoms with E-state index in [0.717, 1.165) is 0 Å². The molecule has 1 aliphatic heterocycles. The number of aliphatic imine (C=N–C) groups is 1. The number of aromatic nitrogens is 2. The van der Waals surface area contributed by atoms with Crippen LogP contribution in [0.15, 0.2) is 17.4 Å². The Kier molecular flexibility index (Phi) is 2.72. The fraction of sp³-hybridized carbons (Fsp3) is 0.250. The van der Waals surface area contributed by atoms with E-state index in [1.165, 1.54) is 12.4 Å². The van der Waals surface area contributed by atoms with Gasteiger partial charge < -0.3 is 14.8 Å². The van der Waals surface area contributed by atoms with E-state index in [2.05, 4.69) is 20.3 Å². The maximum Gasteiger partial charge on any atom is 0.398 e. The number of ether oxygens (including phenoxy) is 2. The Morgan fingerprint density at radius 1 is 1.47 bits per heavy atom. The maximum atomic E-state index is 5.27. The summed E-state index contributed by atoms with van der Waals surface area (Å²) in [6.45, 7) is 2.27. The number of fused-ring (bicyclic) bond motifs is 1. The SMILES string of the molecule is CCOC1=NC(=S)Nc2nccnc2O1. The van der Waals surface area contributed by atoms with Crippen LogP contribution in [0.1, 0.15) is 6.92 Å². The van der Waals surface area contributed by atoms with E-state index in [4.69, 9.17) is 21.7 Å². The van der Waals surface area contributed by atoms with Crippen LogP contribution in [-0.2, 0) is 4.74 Å². The zero-order valence-electron chi connectivity index (χ0n) is 7.93. The average molecular weight is 224 g/mol. The van der Waals surface area contributed by atoms with Gasteiger partial charge in [-0.25, -0.2) is 9.97 Å². The number of rotatable bonds is 1. The molecule has 0 aromatic carbocycles. The molecule has 1 aromatic heterocycles. The topological polar surface area (TPSA) is 68.6 Å². The van der Waals surface area contributed by atoms with E-state index in [9.17, 15) is 0 Å². The predicted molar refractivity (Wildman–Crippen MR) is 57.9 cm³/mol. The van der Waals surface area contributed by atoms with Crippen molar-refractivity contribution >= 4 is 29.2 Å². The smallest absolute Gasteiger partial charge is 0.398 e. The zero-order chi connectivity index (χ0) is 10.7. The molecule has 0 fully saturated rings. The second-order valence-electron chi connectivity index (χ2n) is 2.55. The largest absolute Gasteiger partial charge is 0.450 e. The van der Waals surface area contributed by atoms with Gasteiger partial charge in [-0.1, -0.05) is 0 Å². The molecule has 0 unspecified atom stereocenters. The second-order valence-corrected chi connectivity index (χ2v) is 2.94. The summed E-state index contributed by atoms with van der Waals surface area (Å²) in [6, 6.07) is 0. The van der Waals surface area contributed by atoms with Gasteiger partial charge >= 0.3 is 6.08 Å². The van der Waals surface area contributed by atoms with Crippen molar-refractivity contribution in [2.24, 2.45) is 4.99 Å². The minimum atomic E-state index is 0.0780. The van der Waals surface area contributed by atoms with Crippen LogP contribution in [0.25, 0.3) is 0 Å². The molecule has 15 heavy (non-hydrogen) atoms. The quantitative estimate of drug-likeness (QED) is 0.716. The van der Waals surface area contributed by atoms with Gasteiger partial charge in [0.05, 0.1) is 6.61 Å². The summed E-state index contributed by atoms with van der Waals surface area (Å²) in [7, 11) is 0. The summed E-state index contributed by atoms with van der Waals surface area (Å²) >= 11 is 4.93. The van der Waals surface area contributed by atoms with E-state index in [1.54, 1.807) is 0 Å². The number of nitrogens with zero attached hydrogens (tertiary/aromatic N) is 3. The summed E-state index contributed by atoms with van der Waals surface area (Å²) in [5.74, 6) is 0.727. The van der Waals surface area contributed by atoms with Gasteiger partial charge in [0.1, 0.15) is 0 Å². The van der Waals surface area contributed by atoms with Crippen molar-refractivity contribution in [1.82, 2.24) is 9.97 Å². The van der Waals surface area contributed by atoms with E-state index in [1.807, 2.05) is 6.92 Å². The standard InChI is InChI=1S/C8H8N4O2S/c1-2-13-8-12-7(15)11-5-6(14-8)10-4-3-9-5/h3-4H,2H2,1H3,(H,9,11,15). The molecule has 0 saturated heterocycles. The second kappa shape index (κ2) is 4.18. The van der Waals surface area contributed by atoms with Crippen molar-refractivity contribution in [3.8, 4) is 5.88 Å². The lowest BCUT2D eigenvalue weighted by Gasteiger charge is -2.05. The lowest BCUT2D eigenvalue weighted by Crippen LogP contribution is -2.14. The first kappa shape index (κ1) is 9.78. The summed E-state index contributed by atoms with van der Waals surface area (Å²) in [5, 5.41) is 3.01. The molecule has 78 valence electrons. The molecule has 0 saturated carbocycles. The Bertz CT molecular complexity index is 421. The predicted octanol–water partition coefficient (Wildman–Crippen LogP) is 0.958. The van der Waals surface area contributed by atoms with Crippen LogP contribution >= 0.6 is 12.2 Å². The minimum Gasteiger partial charge on any atom is -0.450 e. The molecule has 0 aliphatic carbocycles. The highest BCUT2D eigenvalue weighted by Gasteiger charge is 2.17. The van der Waals surface area contributed by atoms with E-state index >= 15 is 0 Å². The fourth-order valence-corrected chi connectivity index (χ4v) is 1.16. The summed E-state index contributed by atoms with van der Waals surface area (Å²) in [5.41, 5.74) is 0. The van der Waals surface area contributed by atoms with Gasteiger partial charge in [0, 0.05) is 12.4 Å². The number of anilines is 1. The van der Waals surface area contributed by atoms with Crippen molar-refractivity contribution in [3.63, 3.8) is 0 Å². The molecule has 7 heteroatoms. The first-order chi connectivity index (χ1) is 7.29. The third-order valence-corrected chi connectivity index (χ3v) is 1.73. The van der Waals surface area contributed by atoms with Gasteiger partial charge in [-0.2, -0.15) is 0 Å². The van der Waals surface area contributed by atoms with Crippen molar-refractivity contribution in [3.05, 3.63) is 12.4 Å². The lowest BCUT2D eigenvalue weighted by atomic mass is 10.6. The average Bonchev–Trinajstić information content (AvgIpc) is 2.35. The maximum absolute atomic E-state index is 5.27. The van der Waals surface area contributed by atoms with Gasteiger partial charge in [-0.15, -0.1) is 4.99 Å².